The van der Waals surface area contributed by atoms with Gasteiger partial charge in [0, 0.05) is 11.3 Å². The second-order valence-corrected chi connectivity index (χ2v) is 9.09. The van der Waals surface area contributed by atoms with Crippen LogP contribution in [0.5, 0.6) is 0 Å². The number of rotatable bonds is 5. The lowest BCUT2D eigenvalue weighted by Gasteiger charge is -2.11. The van der Waals surface area contributed by atoms with Crippen LogP contribution in [0.2, 0.25) is 0 Å². The number of nitrogens with one attached hydrogen (secondary N) is 1. The van der Waals surface area contributed by atoms with Gasteiger partial charge in [-0.2, -0.15) is 4.57 Å². The first-order valence-corrected chi connectivity index (χ1v) is 11.5. The van der Waals surface area contributed by atoms with Gasteiger partial charge >= 0.3 is 0 Å². The first kappa shape index (κ1) is 22.4. The summed E-state index contributed by atoms with van der Waals surface area (Å²) >= 11 is 1.60. The van der Waals surface area contributed by atoms with E-state index in [1.165, 1.54) is 22.9 Å². The summed E-state index contributed by atoms with van der Waals surface area (Å²) < 4.78 is 46.0. The van der Waals surface area contributed by atoms with Gasteiger partial charge in [-0.05, 0) is 74.1 Å². The second-order valence-electron chi connectivity index (χ2n) is 8.21. The van der Waals surface area contributed by atoms with Gasteiger partial charge in [0.25, 0.3) is 5.82 Å². The lowest BCUT2D eigenvalue weighted by Crippen LogP contribution is -2.34. The third-order valence-corrected chi connectivity index (χ3v) is 6.18. The number of allylic oxidation sites excluding steroid dienone is 4. The van der Waals surface area contributed by atoms with E-state index in [-0.39, 0.29) is 29.9 Å². The Hall–Kier alpha value is -2.77. The largest absolute Gasteiger partial charge is 0.382 e. The average molecular weight is 458 g/mol. The van der Waals surface area contributed by atoms with Gasteiger partial charge < -0.3 is 5.11 Å². The fraction of sp³-hybridized carbons (Fsp3) is 0.240. The molecule has 0 fully saturated rings. The van der Waals surface area contributed by atoms with Crippen LogP contribution in [0.4, 0.5) is 13.2 Å². The molecule has 2 N–H and O–H groups in total. The molecule has 0 unspecified atom stereocenters. The summed E-state index contributed by atoms with van der Waals surface area (Å²) in [5.74, 6) is -1.83. The zero-order valence-corrected chi connectivity index (χ0v) is 18.9. The molecule has 0 atom stereocenters. The lowest BCUT2D eigenvalue weighted by molar-refractivity contribution is -0.599. The van der Waals surface area contributed by atoms with Crippen LogP contribution in [-0.2, 0) is 5.60 Å². The highest BCUT2D eigenvalue weighted by atomic mass is 32.2. The molecule has 0 aliphatic heterocycles. The third-order valence-electron chi connectivity index (χ3n) is 5.46. The minimum atomic E-state index is -1.32. The minimum absolute atomic E-state index is 0.0455. The van der Waals surface area contributed by atoms with E-state index in [0.29, 0.717) is 11.3 Å². The molecule has 0 amide bonds. The molecule has 4 rings (SSSR count). The molecule has 1 aliphatic carbocycles. The monoisotopic (exact) mass is 457 g/mol. The summed E-state index contributed by atoms with van der Waals surface area (Å²) in [4.78, 5) is 3.97. The normalized spacial score (nSPS) is 14.7. The SMILES string of the molecule is CSc1cccc(-c2ccc(-[n+]3cc(C(C)(C)O)[nH]c3C3=C(F)CCC=C3F)c(F)c2)c1. The van der Waals surface area contributed by atoms with Gasteiger partial charge in [0.1, 0.15) is 29.0 Å². The van der Waals surface area contributed by atoms with Crippen LogP contribution in [0, 0.1) is 5.82 Å². The van der Waals surface area contributed by atoms with Crippen molar-refractivity contribution in [1.29, 1.82) is 0 Å². The summed E-state index contributed by atoms with van der Waals surface area (Å²) in [6.07, 6.45) is 5.08. The zero-order valence-electron chi connectivity index (χ0n) is 18.0. The molecule has 1 aromatic heterocycles. The van der Waals surface area contributed by atoms with Crippen LogP contribution in [-0.4, -0.2) is 16.3 Å². The average Bonchev–Trinajstić information content (AvgIpc) is 3.19. The van der Waals surface area contributed by atoms with Crippen LogP contribution < -0.4 is 4.57 Å². The topological polar surface area (TPSA) is 39.9 Å². The Balaban J connectivity index is 1.86. The summed E-state index contributed by atoms with van der Waals surface area (Å²) in [5.41, 5.74) is 0.423. The molecule has 0 spiro atoms. The Morgan fingerprint density at radius 2 is 1.81 bits per heavy atom. The Labute approximate surface area is 189 Å². The standard InChI is InChI=1S/C25H23F3N2OS/c1-25(2,31)22-14-30(24(29-22)23-18(26)8-5-9-19(23)27)21-11-10-16(13-20(21)28)15-6-4-7-17(12-15)32-3/h4,6-8,10-14,31H,5,9H2,1-3H3/p+1. The predicted molar refractivity (Wildman–Crippen MR) is 121 cm³/mol. The molecule has 3 nitrogen and oxygen atoms in total. The molecule has 0 radical (unpaired) electrons. The van der Waals surface area contributed by atoms with Crippen LogP contribution in [0.15, 0.2) is 71.3 Å². The van der Waals surface area contributed by atoms with Crippen molar-refractivity contribution in [2.45, 2.75) is 37.2 Å². The van der Waals surface area contributed by atoms with Gasteiger partial charge in [-0.3, -0.25) is 0 Å². The molecule has 0 saturated carbocycles. The van der Waals surface area contributed by atoms with Gasteiger partial charge in [0.15, 0.2) is 17.2 Å². The summed E-state index contributed by atoms with van der Waals surface area (Å²) in [6, 6.07) is 12.5. The van der Waals surface area contributed by atoms with E-state index in [4.69, 9.17) is 0 Å². The van der Waals surface area contributed by atoms with Gasteiger partial charge in [-0.15, -0.1) is 11.8 Å². The maximum atomic E-state index is 15.3. The smallest absolute Gasteiger partial charge is 0.297 e. The molecule has 0 saturated heterocycles. The third kappa shape index (κ3) is 4.27. The minimum Gasteiger partial charge on any atom is -0.382 e. The highest BCUT2D eigenvalue weighted by Gasteiger charge is 2.34. The quantitative estimate of drug-likeness (QED) is 0.345. The van der Waals surface area contributed by atoms with Crippen LogP contribution in [0.25, 0.3) is 22.4 Å². The van der Waals surface area contributed by atoms with Gasteiger partial charge in [-0.25, -0.2) is 18.2 Å². The molecular weight excluding hydrogens is 433 g/mol. The Morgan fingerprint density at radius 3 is 2.47 bits per heavy atom. The van der Waals surface area contributed by atoms with Crippen LogP contribution in [0.3, 0.4) is 0 Å². The Bertz CT molecular complexity index is 1240. The van der Waals surface area contributed by atoms with Crippen LogP contribution >= 0.6 is 11.8 Å². The molecular formula is C25H24F3N2OS+. The van der Waals surface area contributed by atoms with E-state index in [2.05, 4.69) is 4.98 Å². The van der Waals surface area contributed by atoms with Crippen molar-refractivity contribution < 1.29 is 22.8 Å². The highest BCUT2D eigenvalue weighted by Crippen LogP contribution is 2.34. The number of H-pyrrole nitrogens is 1. The molecule has 7 heteroatoms. The first-order chi connectivity index (χ1) is 15.2. The van der Waals surface area contributed by atoms with Crippen molar-refractivity contribution in [3.8, 4) is 16.8 Å². The summed E-state index contributed by atoms with van der Waals surface area (Å²) in [5, 5.41) is 10.5. The molecule has 166 valence electrons. The van der Waals surface area contributed by atoms with E-state index in [9.17, 15) is 13.9 Å². The molecule has 0 bridgehead atoms. The second kappa shape index (κ2) is 8.64. The van der Waals surface area contributed by atoms with E-state index in [1.807, 2.05) is 30.5 Å². The van der Waals surface area contributed by atoms with Crippen molar-refractivity contribution in [3.63, 3.8) is 0 Å². The van der Waals surface area contributed by atoms with Crippen molar-refractivity contribution in [2.24, 2.45) is 0 Å². The van der Waals surface area contributed by atoms with E-state index < -0.39 is 23.1 Å². The number of thioether (sulfide) groups is 1. The molecule has 1 heterocycles. The number of aliphatic hydroxyl groups is 1. The molecule has 1 aliphatic rings. The molecule has 3 aromatic rings. The number of nitrogens with zero attached hydrogens (tertiary/aromatic N) is 1. The summed E-state index contributed by atoms with van der Waals surface area (Å²) in [7, 11) is 0. The highest BCUT2D eigenvalue weighted by molar-refractivity contribution is 7.98. The van der Waals surface area contributed by atoms with E-state index in [1.54, 1.807) is 37.7 Å². The number of aromatic nitrogens is 2. The maximum Gasteiger partial charge on any atom is 0.297 e. The fourth-order valence-corrected chi connectivity index (χ4v) is 4.17. The molecule has 2 aromatic carbocycles. The van der Waals surface area contributed by atoms with Gasteiger partial charge in [0.2, 0.25) is 0 Å². The van der Waals surface area contributed by atoms with Crippen molar-refractivity contribution in [1.82, 2.24) is 4.98 Å². The number of hydrogen-bond donors (Lipinski definition) is 2. The Kier molecular flexibility index (Phi) is 6.05. The predicted octanol–water partition coefficient (Wildman–Crippen LogP) is 6.37. The van der Waals surface area contributed by atoms with Crippen LogP contribution in [0.1, 0.15) is 38.2 Å². The van der Waals surface area contributed by atoms with Gasteiger partial charge in [-0.1, -0.05) is 12.1 Å². The summed E-state index contributed by atoms with van der Waals surface area (Å²) in [6.45, 7) is 3.09. The lowest BCUT2D eigenvalue weighted by atomic mass is 10.0. The van der Waals surface area contributed by atoms with Crippen molar-refractivity contribution in [3.05, 3.63) is 83.7 Å². The number of halogens is 3. The number of aromatic amines is 1. The number of benzene rings is 2. The zero-order chi connectivity index (χ0) is 23.0. The fourth-order valence-electron chi connectivity index (χ4n) is 3.71. The maximum absolute atomic E-state index is 15.3. The first-order valence-electron chi connectivity index (χ1n) is 10.3. The van der Waals surface area contributed by atoms with Crippen molar-refractivity contribution >= 4 is 17.3 Å². The van der Waals surface area contributed by atoms with E-state index in [0.717, 1.165) is 10.5 Å². The van der Waals surface area contributed by atoms with Crippen molar-refractivity contribution in [2.75, 3.05) is 6.26 Å². The Morgan fingerprint density at radius 1 is 1.06 bits per heavy atom. The van der Waals surface area contributed by atoms with E-state index >= 15 is 4.39 Å². The molecule has 32 heavy (non-hydrogen) atoms. The van der Waals surface area contributed by atoms with Gasteiger partial charge in [0.05, 0.1) is 0 Å². The number of imidazole rings is 1. The number of hydrogen-bond acceptors (Lipinski definition) is 2.